The van der Waals surface area contributed by atoms with Crippen molar-refractivity contribution in [3.63, 3.8) is 0 Å². The summed E-state index contributed by atoms with van der Waals surface area (Å²) in [7, 11) is 0. The molecule has 0 aliphatic heterocycles. The summed E-state index contributed by atoms with van der Waals surface area (Å²) in [5, 5.41) is 3.65. The van der Waals surface area contributed by atoms with Crippen LogP contribution in [-0.2, 0) is 4.74 Å². The van der Waals surface area contributed by atoms with Crippen molar-refractivity contribution in [1.29, 1.82) is 0 Å². The number of hydrogen-bond donors (Lipinski definition) is 1. The molecule has 0 radical (unpaired) electrons. The van der Waals surface area contributed by atoms with E-state index in [1.807, 2.05) is 0 Å². The van der Waals surface area contributed by atoms with E-state index in [1.54, 1.807) is 0 Å². The van der Waals surface area contributed by atoms with Gasteiger partial charge < -0.3 is 10.1 Å². The van der Waals surface area contributed by atoms with E-state index in [1.165, 1.54) is 32.1 Å². The summed E-state index contributed by atoms with van der Waals surface area (Å²) >= 11 is 0. The van der Waals surface area contributed by atoms with Crippen molar-refractivity contribution >= 4 is 0 Å². The van der Waals surface area contributed by atoms with Crippen LogP contribution in [0, 0.1) is 5.92 Å². The third kappa shape index (κ3) is 5.27. The predicted octanol–water partition coefficient (Wildman–Crippen LogP) is 4.14. The van der Waals surface area contributed by atoms with Crippen molar-refractivity contribution in [3.05, 3.63) is 0 Å². The Hall–Kier alpha value is -0.0800. The molecule has 1 aliphatic carbocycles. The fraction of sp³-hybridized carbons (Fsp3) is 1.00. The third-order valence-electron chi connectivity index (χ3n) is 4.15. The van der Waals surface area contributed by atoms with Gasteiger partial charge in [-0.1, -0.05) is 20.3 Å². The Kier molecular flexibility index (Phi) is 6.13. The first-order valence-electron chi connectivity index (χ1n) is 7.80. The zero-order chi connectivity index (χ0) is 13.6. The smallest absolute Gasteiger partial charge is 0.0806 e. The highest BCUT2D eigenvalue weighted by molar-refractivity contribution is 4.91. The normalized spacial score (nSPS) is 29.5. The van der Waals surface area contributed by atoms with Gasteiger partial charge >= 0.3 is 0 Å². The summed E-state index contributed by atoms with van der Waals surface area (Å²) in [5.41, 5.74) is 0.291. The van der Waals surface area contributed by atoms with Gasteiger partial charge in [0.2, 0.25) is 0 Å². The highest BCUT2D eigenvalue weighted by Crippen LogP contribution is 2.36. The summed E-state index contributed by atoms with van der Waals surface area (Å²) in [6.07, 6.45) is 7.59. The van der Waals surface area contributed by atoms with Crippen molar-refractivity contribution < 1.29 is 4.74 Å². The van der Waals surface area contributed by atoms with Crippen LogP contribution < -0.4 is 5.32 Å². The molecule has 1 rings (SSSR count). The Morgan fingerprint density at radius 2 is 1.78 bits per heavy atom. The van der Waals surface area contributed by atoms with Crippen LogP contribution in [-0.4, -0.2) is 24.3 Å². The van der Waals surface area contributed by atoms with Crippen LogP contribution in [0.1, 0.15) is 73.1 Å². The highest BCUT2D eigenvalue weighted by Gasteiger charge is 2.36. The molecule has 1 N–H and O–H groups in total. The Morgan fingerprint density at radius 3 is 2.22 bits per heavy atom. The van der Waals surface area contributed by atoms with E-state index in [0.29, 0.717) is 0 Å². The van der Waals surface area contributed by atoms with Crippen molar-refractivity contribution in [2.24, 2.45) is 5.92 Å². The minimum Gasteiger partial charge on any atom is -0.374 e. The first-order valence-corrected chi connectivity index (χ1v) is 7.80. The molecule has 0 aromatic heterocycles. The van der Waals surface area contributed by atoms with Crippen molar-refractivity contribution in [2.45, 2.75) is 84.3 Å². The molecule has 0 unspecified atom stereocenters. The maximum Gasteiger partial charge on any atom is 0.0806 e. The zero-order valence-corrected chi connectivity index (χ0v) is 13.1. The minimum absolute atomic E-state index is 0.106. The standard InChI is InChI=1S/C16H33NO/c1-6-12-18-16(13-17-15(3,4)5)10-8-14(7-2)9-11-16/h14,17H,6-13H2,1-5H3. The lowest BCUT2D eigenvalue weighted by Crippen LogP contribution is -2.51. The molecule has 0 saturated heterocycles. The van der Waals surface area contributed by atoms with Crippen LogP contribution in [0.25, 0.3) is 0 Å². The molecule has 18 heavy (non-hydrogen) atoms. The van der Waals surface area contributed by atoms with Crippen LogP contribution in [0.15, 0.2) is 0 Å². The highest BCUT2D eigenvalue weighted by atomic mass is 16.5. The van der Waals surface area contributed by atoms with E-state index < -0.39 is 0 Å². The van der Waals surface area contributed by atoms with Gasteiger partial charge in [-0.2, -0.15) is 0 Å². The van der Waals surface area contributed by atoms with Crippen molar-refractivity contribution in [1.82, 2.24) is 5.32 Å². The van der Waals surface area contributed by atoms with Crippen molar-refractivity contribution in [2.75, 3.05) is 13.2 Å². The lowest BCUT2D eigenvalue weighted by Gasteiger charge is -2.42. The molecule has 2 heteroatoms. The predicted molar refractivity (Wildman–Crippen MR) is 79.0 cm³/mol. The van der Waals surface area contributed by atoms with E-state index in [-0.39, 0.29) is 11.1 Å². The fourth-order valence-electron chi connectivity index (χ4n) is 2.73. The summed E-state index contributed by atoms with van der Waals surface area (Å²) < 4.78 is 6.25. The summed E-state index contributed by atoms with van der Waals surface area (Å²) in [5.74, 6) is 0.929. The molecule has 0 heterocycles. The van der Waals surface area contributed by atoms with Gasteiger partial charge in [0.1, 0.15) is 0 Å². The lowest BCUT2D eigenvalue weighted by molar-refractivity contribution is -0.0790. The monoisotopic (exact) mass is 255 g/mol. The molecule has 0 spiro atoms. The minimum atomic E-state index is 0.106. The summed E-state index contributed by atoms with van der Waals surface area (Å²) in [6, 6.07) is 0. The third-order valence-corrected chi connectivity index (χ3v) is 4.15. The largest absolute Gasteiger partial charge is 0.374 e. The Balaban J connectivity index is 2.54. The molecule has 1 aliphatic rings. The first-order chi connectivity index (χ1) is 8.41. The quantitative estimate of drug-likeness (QED) is 0.770. The number of hydrogen-bond acceptors (Lipinski definition) is 2. The molecule has 1 fully saturated rings. The molecule has 0 aromatic rings. The van der Waals surface area contributed by atoms with Crippen LogP contribution >= 0.6 is 0 Å². The maximum absolute atomic E-state index is 6.25. The van der Waals surface area contributed by atoms with Gasteiger partial charge in [0.25, 0.3) is 0 Å². The lowest BCUT2D eigenvalue weighted by atomic mass is 9.77. The Morgan fingerprint density at radius 1 is 1.17 bits per heavy atom. The van der Waals surface area contributed by atoms with Gasteiger partial charge in [-0.25, -0.2) is 0 Å². The first kappa shape index (κ1) is 16.0. The van der Waals surface area contributed by atoms with E-state index in [9.17, 15) is 0 Å². The van der Waals surface area contributed by atoms with Gasteiger partial charge in [0.05, 0.1) is 5.60 Å². The van der Waals surface area contributed by atoms with E-state index >= 15 is 0 Å². The molecule has 0 amide bonds. The van der Waals surface area contributed by atoms with E-state index in [2.05, 4.69) is 39.9 Å². The molecule has 108 valence electrons. The molecular formula is C16H33NO. The Bertz CT molecular complexity index is 224. The number of ether oxygens (including phenoxy) is 1. The van der Waals surface area contributed by atoms with Crippen LogP contribution in [0.2, 0.25) is 0 Å². The summed E-state index contributed by atoms with van der Waals surface area (Å²) in [6.45, 7) is 13.1. The molecular weight excluding hydrogens is 222 g/mol. The van der Waals surface area contributed by atoms with Gasteiger partial charge in [-0.05, 0) is 58.8 Å². The average molecular weight is 255 g/mol. The van der Waals surface area contributed by atoms with Gasteiger partial charge in [-0.3, -0.25) is 0 Å². The second kappa shape index (κ2) is 6.91. The second-order valence-corrected chi connectivity index (χ2v) is 6.99. The van der Waals surface area contributed by atoms with Crippen molar-refractivity contribution in [3.8, 4) is 0 Å². The molecule has 1 saturated carbocycles. The SMILES string of the molecule is CCCOC1(CNC(C)(C)C)CCC(CC)CC1. The Labute approximate surface area is 114 Å². The van der Waals surface area contributed by atoms with Gasteiger partial charge in [-0.15, -0.1) is 0 Å². The second-order valence-electron chi connectivity index (χ2n) is 6.99. The number of rotatable bonds is 6. The summed E-state index contributed by atoms with van der Waals surface area (Å²) in [4.78, 5) is 0. The topological polar surface area (TPSA) is 21.3 Å². The van der Waals surface area contributed by atoms with Crippen LogP contribution in [0.3, 0.4) is 0 Å². The molecule has 0 atom stereocenters. The fourth-order valence-corrected chi connectivity index (χ4v) is 2.73. The maximum atomic E-state index is 6.25. The van der Waals surface area contributed by atoms with Crippen LogP contribution in [0.5, 0.6) is 0 Å². The van der Waals surface area contributed by atoms with Gasteiger partial charge in [0, 0.05) is 18.7 Å². The van der Waals surface area contributed by atoms with E-state index in [0.717, 1.165) is 25.5 Å². The average Bonchev–Trinajstić information content (AvgIpc) is 2.34. The molecule has 2 nitrogen and oxygen atoms in total. The molecule has 0 aromatic carbocycles. The molecule has 0 bridgehead atoms. The number of nitrogens with one attached hydrogen (secondary N) is 1. The van der Waals surface area contributed by atoms with Crippen LogP contribution in [0.4, 0.5) is 0 Å². The van der Waals surface area contributed by atoms with E-state index in [4.69, 9.17) is 4.74 Å². The van der Waals surface area contributed by atoms with Gasteiger partial charge in [0.15, 0.2) is 0 Å². The zero-order valence-electron chi connectivity index (χ0n) is 13.1.